The molecule has 8 nitrogen and oxygen atoms in total. The Hall–Kier alpha value is -4.51. The van der Waals surface area contributed by atoms with Crippen molar-refractivity contribution in [1.29, 1.82) is 0 Å². The zero-order chi connectivity index (χ0) is 26.4. The second-order valence-electron chi connectivity index (χ2n) is 9.11. The summed E-state index contributed by atoms with van der Waals surface area (Å²) in [7, 11) is 0. The molecule has 1 N–H and O–H groups in total. The number of hydrogen-bond acceptors (Lipinski definition) is 6. The molecule has 1 saturated heterocycles. The van der Waals surface area contributed by atoms with Crippen LogP contribution in [0.3, 0.4) is 0 Å². The van der Waals surface area contributed by atoms with E-state index in [1.54, 1.807) is 29.2 Å². The Labute approximate surface area is 214 Å². The highest BCUT2D eigenvalue weighted by atomic mass is 19.4. The zero-order valence-electron chi connectivity index (χ0n) is 19.9. The van der Waals surface area contributed by atoms with Crippen molar-refractivity contribution in [3.63, 3.8) is 0 Å². The normalized spacial score (nSPS) is 14.2. The van der Waals surface area contributed by atoms with Crippen LogP contribution in [0, 0.1) is 0 Å². The van der Waals surface area contributed by atoms with E-state index < -0.39 is 11.7 Å². The van der Waals surface area contributed by atoms with Crippen LogP contribution >= 0.6 is 0 Å². The lowest BCUT2D eigenvalue weighted by Crippen LogP contribution is -2.51. The molecule has 6 rings (SSSR count). The Bertz CT molecular complexity index is 1690. The minimum absolute atomic E-state index is 0.242. The fourth-order valence-electron chi connectivity index (χ4n) is 4.47. The number of aromatic nitrogens is 5. The van der Waals surface area contributed by atoms with Gasteiger partial charge in [0, 0.05) is 42.5 Å². The van der Waals surface area contributed by atoms with E-state index >= 15 is 0 Å². The van der Waals surface area contributed by atoms with Gasteiger partial charge >= 0.3 is 6.18 Å². The van der Waals surface area contributed by atoms with Crippen LogP contribution in [0.2, 0.25) is 0 Å². The fourth-order valence-corrected chi connectivity index (χ4v) is 4.47. The predicted molar refractivity (Wildman–Crippen MR) is 135 cm³/mol. The summed E-state index contributed by atoms with van der Waals surface area (Å²) in [6.45, 7) is 1.20. The van der Waals surface area contributed by atoms with Gasteiger partial charge in [0.2, 0.25) is 5.95 Å². The topological polar surface area (TPSA) is 89.1 Å². The fraction of sp³-hybridized carbons (Fsp3) is 0.185. The maximum atomic E-state index is 13.0. The van der Waals surface area contributed by atoms with Crippen LogP contribution in [-0.2, 0) is 12.7 Å². The van der Waals surface area contributed by atoms with Crippen molar-refractivity contribution in [2.75, 3.05) is 18.0 Å². The summed E-state index contributed by atoms with van der Waals surface area (Å²) in [5.41, 5.74) is 1.98. The molecule has 0 atom stereocenters. The van der Waals surface area contributed by atoms with E-state index in [0.29, 0.717) is 47.2 Å². The van der Waals surface area contributed by atoms with E-state index in [1.807, 2.05) is 29.2 Å². The number of aliphatic hydroxyl groups excluding tert-OH is 1. The quantitative estimate of drug-likeness (QED) is 0.380. The lowest BCUT2D eigenvalue weighted by molar-refractivity contribution is -0.137. The largest absolute Gasteiger partial charge is 0.416 e. The Morgan fingerprint density at radius 1 is 1.00 bits per heavy atom. The highest BCUT2D eigenvalue weighted by molar-refractivity contribution is 5.94. The average Bonchev–Trinajstić information content (AvgIpc) is 3.27. The number of pyridine rings is 1. The molecule has 5 aromatic rings. The van der Waals surface area contributed by atoms with Gasteiger partial charge < -0.3 is 14.6 Å². The second kappa shape index (κ2) is 9.10. The molecule has 0 spiro atoms. The van der Waals surface area contributed by atoms with Crippen molar-refractivity contribution in [1.82, 2.24) is 24.3 Å². The first-order valence-corrected chi connectivity index (χ1v) is 11.9. The van der Waals surface area contributed by atoms with Gasteiger partial charge in [-0.25, -0.2) is 14.6 Å². The SMILES string of the molecule is O=c1cc(-c2nn(-c3ccc(C(F)(F)F)cc3)c3ccccc23)ccn1Cc1ccnc(N2CC(O)C2)n1. The number of alkyl halides is 3. The first kappa shape index (κ1) is 23.9. The molecule has 1 aliphatic heterocycles. The molecule has 1 aliphatic rings. The summed E-state index contributed by atoms with van der Waals surface area (Å²) < 4.78 is 42.2. The molecule has 192 valence electrons. The number of nitrogens with zero attached hydrogens (tertiary/aromatic N) is 6. The van der Waals surface area contributed by atoms with E-state index in [4.69, 9.17) is 0 Å². The van der Waals surface area contributed by atoms with Gasteiger partial charge in [-0.05, 0) is 42.5 Å². The van der Waals surface area contributed by atoms with Gasteiger partial charge in [-0.1, -0.05) is 18.2 Å². The number of benzene rings is 2. The molecular formula is C27H21F3N6O2. The number of rotatable bonds is 5. The monoisotopic (exact) mass is 518 g/mol. The van der Waals surface area contributed by atoms with Gasteiger partial charge in [0.15, 0.2) is 0 Å². The van der Waals surface area contributed by atoms with Crippen molar-refractivity contribution in [3.05, 3.63) is 101 Å². The van der Waals surface area contributed by atoms with Gasteiger partial charge in [0.05, 0.1) is 35.1 Å². The Balaban J connectivity index is 1.32. The van der Waals surface area contributed by atoms with Crippen molar-refractivity contribution in [2.45, 2.75) is 18.8 Å². The number of halogens is 3. The first-order valence-electron chi connectivity index (χ1n) is 11.9. The summed E-state index contributed by atoms with van der Waals surface area (Å²) >= 11 is 0. The van der Waals surface area contributed by atoms with Crippen LogP contribution in [0.25, 0.3) is 27.8 Å². The average molecular weight is 518 g/mol. The summed E-state index contributed by atoms with van der Waals surface area (Å²) in [5.74, 6) is 0.512. The molecule has 4 heterocycles. The van der Waals surface area contributed by atoms with Crippen molar-refractivity contribution in [2.24, 2.45) is 0 Å². The molecule has 11 heteroatoms. The molecule has 0 saturated carbocycles. The minimum atomic E-state index is -4.43. The number of fused-ring (bicyclic) bond motifs is 1. The van der Waals surface area contributed by atoms with Crippen LogP contribution < -0.4 is 10.5 Å². The summed E-state index contributed by atoms with van der Waals surface area (Å²) in [4.78, 5) is 23.6. The van der Waals surface area contributed by atoms with Crippen LogP contribution in [0.1, 0.15) is 11.3 Å². The van der Waals surface area contributed by atoms with Crippen LogP contribution in [-0.4, -0.2) is 48.6 Å². The van der Waals surface area contributed by atoms with E-state index in [2.05, 4.69) is 15.1 Å². The maximum absolute atomic E-state index is 13.0. The molecule has 3 aromatic heterocycles. The predicted octanol–water partition coefficient (Wildman–Crippen LogP) is 3.89. The van der Waals surface area contributed by atoms with E-state index in [0.717, 1.165) is 17.5 Å². The smallest absolute Gasteiger partial charge is 0.389 e. The number of anilines is 1. The molecule has 0 amide bonds. The molecule has 2 aromatic carbocycles. The third-order valence-electron chi connectivity index (χ3n) is 6.47. The Morgan fingerprint density at radius 2 is 1.76 bits per heavy atom. The summed E-state index contributed by atoms with van der Waals surface area (Å²) in [6, 6.07) is 17.2. The lowest BCUT2D eigenvalue weighted by Gasteiger charge is -2.35. The van der Waals surface area contributed by atoms with Gasteiger partial charge in [0.25, 0.3) is 5.56 Å². The Morgan fingerprint density at radius 3 is 2.47 bits per heavy atom. The summed E-state index contributed by atoms with van der Waals surface area (Å²) in [6.07, 6.45) is -1.51. The van der Waals surface area contributed by atoms with E-state index in [-0.39, 0.29) is 18.2 Å². The van der Waals surface area contributed by atoms with Gasteiger partial charge in [-0.2, -0.15) is 18.3 Å². The first-order chi connectivity index (χ1) is 18.3. The molecule has 0 radical (unpaired) electrons. The number of aliphatic hydroxyl groups is 1. The molecule has 0 unspecified atom stereocenters. The van der Waals surface area contributed by atoms with Crippen LogP contribution in [0.4, 0.5) is 19.1 Å². The maximum Gasteiger partial charge on any atom is 0.416 e. The third-order valence-corrected chi connectivity index (χ3v) is 6.47. The van der Waals surface area contributed by atoms with Crippen molar-refractivity contribution >= 4 is 16.9 Å². The van der Waals surface area contributed by atoms with Crippen molar-refractivity contribution in [3.8, 4) is 16.9 Å². The zero-order valence-corrected chi connectivity index (χ0v) is 19.9. The third kappa shape index (κ3) is 4.41. The van der Waals surface area contributed by atoms with E-state index in [9.17, 15) is 23.1 Å². The Kier molecular flexibility index (Phi) is 5.72. The second-order valence-corrected chi connectivity index (χ2v) is 9.11. The van der Waals surface area contributed by atoms with Gasteiger partial charge in [0.1, 0.15) is 5.69 Å². The molecule has 0 bridgehead atoms. The highest BCUT2D eigenvalue weighted by Gasteiger charge is 2.30. The molecule has 0 aliphatic carbocycles. The number of hydrogen-bond donors (Lipinski definition) is 1. The molecule has 38 heavy (non-hydrogen) atoms. The van der Waals surface area contributed by atoms with Crippen molar-refractivity contribution < 1.29 is 18.3 Å². The number of para-hydroxylation sites is 1. The van der Waals surface area contributed by atoms with E-state index in [1.165, 1.54) is 22.8 Å². The summed E-state index contributed by atoms with van der Waals surface area (Å²) in [5, 5.41) is 15.0. The highest BCUT2D eigenvalue weighted by Crippen LogP contribution is 2.32. The van der Waals surface area contributed by atoms with Gasteiger partial charge in [-0.3, -0.25) is 4.79 Å². The lowest BCUT2D eigenvalue weighted by atomic mass is 10.1. The molecular weight excluding hydrogens is 497 g/mol. The van der Waals surface area contributed by atoms with Gasteiger partial charge in [-0.15, -0.1) is 0 Å². The number of β-amino-alcohol motifs (C(OH)–C–C–N with tert-alkyl or cyclic N) is 1. The molecule has 1 fully saturated rings. The minimum Gasteiger partial charge on any atom is -0.389 e. The van der Waals surface area contributed by atoms with Crippen LogP contribution in [0.5, 0.6) is 0 Å². The standard InChI is InChI=1S/C27H21F3N6O2/c28-27(29,30)18-5-7-20(8-6-18)36-23-4-2-1-3-22(23)25(33-36)17-10-12-34(24(38)13-17)14-19-9-11-31-26(32-19)35-15-21(37)16-35/h1-13,21,37H,14-16H2. The van der Waals surface area contributed by atoms with Crippen LogP contribution in [0.15, 0.2) is 83.9 Å².